The number of anilines is 2. The van der Waals surface area contributed by atoms with Crippen molar-refractivity contribution in [2.75, 3.05) is 11.5 Å². The molecule has 1 aliphatic carbocycles. The topological polar surface area (TPSA) is 78.1 Å². The molecule has 0 amide bonds. The Hall–Kier alpha value is -2.78. The minimum Gasteiger partial charge on any atom is -0.399 e. The third-order valence-corrected chi connectivity index (χ3v) is 3.68. The van der Waals surface area contributed by atoms with E-state index >= 15 is 0 Å². The fourth-order valence-electron chi connectivity index (χ4n) is 2.52. The predicted molar refractivity (Wildman–Crippen MR) is 94.0 cm³/mol. The van der Waals surface area contributed by atoms with Gasteiger partial charge in [0.2, 0.25) is 0 Å². The standard InChI is InChI=1S/C19H19N3/c20-16-7-1-13(2-8-16)19(14-3-9-17(21)10-4-14)15-5-11-18(22)12-6-15/h1-12,16H,20-22H2. The van der Waals surface area contributed by atoms with Crippen LogP contribution in [0.3, 0.4) is 0 Å². The largest absolute Gasteiger partial charge is 0.399 e. The van der Waals surface area contributed by atoms with E-state index in [1.165, 1.54) is 0 Å². The lowest BCUT2D eigenvalue weighted by molar-refractivity contribution is 1.02. The molecule has 0 bridgehead atoms. The third-order valence-electron chi connectivity index (χ3n) is 3.68. The Balaban J connectivity index is 2.16. The second-order valence-electron chi connectivity index (χ2n) is 5.37. The summed E-state index contributed by atoms with van der Waals surface area (Å²) < 4.78 is 0. The Kier molecular flexibility index (Phi) is 3.81. The van der Waals surface area contributed by atoms with Gasteiger partial charge in [-0.15, -0.1) is 0 Å². The van der Waals surface area contributed by atoms with Gasteiger partial charge in [-0.05, 0) is 46.5 Å². The van der Waals surface area contributed by atoms with Crippen molar-refractivity contribution in [3.8, 4) is 0 Å². The monoisotopic (exact) mass is 289 g/mol. The molecule has 0 radical (unpaired) electrons. The van der Waals surface area contributed by atoms with Crippen molar-refractivity contribution >= 4 is 16.9 Å². The van der Waals surface area contributed by atoms with Crippen molar-refractivity contribution < 1.29 is 0 Å². The molecule has 0 spiro atoms. The van der Waals surface area contributed by atoms with E-state index < -0.39 is 0 Å². The highest BCUT2D eigenvalue weighted by Crippen LogP contribution is 2.30. The van der Waals surface area contributed by atoms with Gasteiger partial charge in [-0.25, -0.2) is 0 Å². The summed E-state index contributed by atoms with van der Waals surface area (Å²) in [5.74, 6) is 0. The van der Waals surface area contributed by atoms with Crippen molar-refractivity contribution in [3.63, 3.8) is 0 Å². The Morgan fingerprint density at radius 2 is 1.09 bits per heavy atom. The molecule has 0 fully saturated rings. The number of allylic oxidation sites excluding steroid dienone is 3. The first-order valence-corrected chi connectivity index (χ1v) is 7.21. The van der Waals surface area contributed by atoms with Crippen molar-refractivity contribution in [3.05, 3.63) is 89.5 Å². The molecule has 3 rings (SSSR count). The lowest BCUT2D eigenvalue weighted by Crippen LogP contribution is -2.15. The highest BCUT2D eigenvalue weighted by molar-refractivity contribution is 5.86. The first-order chi connectivity index (χ1) is 10.6. The average Bonchev–Trinajstić information content (AvgIpc) is 2.53. The lowest BCUT2D eigenvalue weighted by atomic mass is 9.90. The van der Waals surface area contributed by atoms with Gasteiger partial charge in [0.25, 0.3) is 0 Å². The number of benzene rings is 2. The van der Waals surface area contributed by atoms with Gasteiger partial charge in [-0.2, -0.15) is 0 Å². The third kappa shape index (κ3) is 2.95. The number of hydrogen-bond acceptors (Lipinski definition) is 3. The molecule has 0 saturated carbocycles. The lowest BCUT2D eigenvalue weighted by Gasteiger charge is -2.15. The molecule has 0 unspecified atom stereocenters. The normalized spacial score (nSPS) is 16.8. The Bertz CT molecular complexity index is 687. The molecule has 3 nitrogen and oxygen atoms in total. The quantitative estimate of drug-likeness (QED) is 0.743. The van der Waals surface area contributed by atoms with E-state index in [0.717, 1.165) is 33.6 Å². The van der Waals surface area contributed by atoms with Gasteiger partial charge >= 0.3 is 0 Å². The van der Waals surface area contributed by atoms with E-state index in [1.807, 2.05) is 60.7 Å². The van der Waals surface area contributed by atoms with Gasteiger partial charge in [-0.3, -0.25) is 0 Å². The van der Waals surface area contributed by atoms with Crippen molar-refractivity contribution in [2.45, 2.75) is 6.04 Å². The molecule has 2 aromatic carbocycles. The van der Waals surface area contributed by atoms with Gasteiger partial charge in [0.05, 0.1) is 0 Å². The maximum atomic E-state index is 5.88. The van der Waals surface area contributed by atoms with Crippen LogP contribution in [0.25, 0.3) is 5.57 Å². The molecular weight excluding hydrogens is 270 g/mol. The van der Waals surface area contributed by atoms with E-state index in [4.69, 9.17) is 17.2 Å². The first kappa shape index (κ1) is 14.2. The second-order valence-corrected chi connectivity index (χ2v) is 5.37. The summed E-state index contributed by atoms with van der Waals surface area (Å²) in [6.45, 7) is 0. The summed E-state index contributed by atoms with van der Waals surface area (Å²) in [5, 5.41) is 0. The minimum atomic E-state index is -0.0252. The van der Waals surface area contributed by atoms with Crippen LogP contribution in [0.5, 0.6) is 0 Å². The maximum absolute atomic E-state index is 5.88. The van der Waals surface area contributed by atoms with Crippen LogP contribution in [0.15, 0.2) is 78.4 Å². The molecule has 22 heavy (non-hydrogen) atoms. The second kappa shape index (κ2) is 5.92. The number of hydrogen-bond donors (Lipinski definition) is 3. The fourth-order valence-corrected chi connectivity index (χ4v) is 2.52. The summed E-state index contributed by atoms with van der Waals surface area (Å²) in [6, 6.07) is 15.8. The average molecular weight is 289 g/mol. The summed E-state index contributed by atoms with van der Waals surface area (Å²) in [7, 11) is 0. The van der Waals surface area contributed by atoms with Gasteiger partial charge in [0.15, 0.2) is 0 Å². The smallest absolute Gasteiger partial charge is 0.0416 e. The van der Waals surface area contributed by atoms with E-state index in [9.17, 15) is 0 Å². The Morgan fingerprint density at radius 3 is 1.50 bits per heavy atom. The molecule has 3 heteroatoms. The Morgan fingerprint density at radius 1 is 0.682 bits per heavy atom. The zero-order chi connectivity index (χ0) is 15.5. The van der Waals surface area contributed by atoms with Crippen LogP contribution in [-0.2, 0) is 0 Å². The van der Waals surface area contributed by atoms with Gasteiger partial charge in [-0.1, -0.05) is 48.6 Å². The molecule has 0 saturated heterocycles. The molecule has 0 aromatic heterocycles. The summed E-state index contributed by atoms with van der Waals surface area (Å²) in [4.78, 5) is 0. The first-order valence-electron chi connectivity index (χ1n) is 7.21. The predicted octanol–water partition coefficient (Wildman–Crippen LogP) is 3.11. The van der Waals surface area contributed by atoms with Crippen LogP contribution < -0.4 is 17.2 Å². The molecule has 110 valence electrons. The van der Waals surface area contributed by atoms with Crippen molar-refractivity contribution in [1.82, 2.24) is 0 Å². The van der Waals surface area contributed by atoms with Crippen molar-refractivity contribution in [1.29, 1.82) is 0 Å². The summed E-state index contributed by atoms with van der Waals surface area (Å²) in [5.41, 5.74) is 23.5. The van der Waals surface area contributed by atoms with Crippen LogP contribution in [0.4, 0.5) is 11.4 Å². The number of nitrogen functional groups attached to an aromatic ring is 2. The Labute approximate surface area is 130 Å². The molecule has 0 aliphatic heterocycles. The zero-order valence-electron chi connectivity index (χ0n) is 12.2. The molecule has 2 aromatic rings. The molecule has 6 N–H and O–H groups in total. The maximum Gasteiger partial charge on any atom is 0.0416 e. The van der Waals surface area contributed by atoms with Crippen LogP contribution in [0, 0.1) is 0 Å². The molecule has 0 atom stereocenters. The summed E-state index contributed by atoms with van der Waals surface area (Å²) >= 11 is 0. The van der Waals surface area contributed by atoms with E-state index in [2.05, 4.69) is 12.2 Å². The zero-order valence-corrected chi connectivity index (χ0v) is 12.2. The summed E-state index contributed by atoms with van der Waals surface area (Å²) in [6.07, 6.45) is 8.10. The van der Waals surface area contributed by atoms with Crippen molar-refractivity contribution in [2.24, 2.45) is 5.73 Å². The highest BCUT2D eigenvalue weighted by Gasteiger charge is 2.11. The number of rotatable bonds is 2. The fraction of sp³-hybridized carbons (Fsp3) is 0.0526. The van der Waals surface area contributed by atoms with E-state index in [-0.39, 0.29) is 6.04 Å². The van der Waals surface area contributed by atoms with E-state index in [1.54, 1.807) is 0 Å². The molecule has 1 aliphatic rings. The molecule has 0 heterocycles. The molecular formula is C19H19N3. The van der Waals surface area contributed by atoms with Crippen LogP contribution >= 0.6 is 0 Å². The van der Waals surface area contributed by atoms with Gasteiger partial charge < -0.3 is 17.2 Å². The highest BCUT2D eigenvalue weighted by atomic mass is 14.6. The minimum absolute atomic E-state index is 0.0252. The SMILES string of the molecule is Nc1ccc(C(=C2C=CC(N)C=C2)c2ccc(N)cc2)cc1. The van der Waals surface area contributed by atoms with Gasteiger partial charge in [0, 0.05) is 17.4 Å². The van der Waals surface area contributed by atoms with Crippen LogP contribution in [-0.4, -0.2) is 6.04 Å². The number of nitrogens with two attached hydrogens (primary N) is 3. The van der Waals surface area contributed by atoms with Crippen LogP contribution in [0.1, 0.15) is 11.1 Å². The van der Waals surface area contributed by atoms with Crippen LogP contribution in [0.2, 0.25) is 0 Å². The van der Waals surface area contributed by atoms with Gasteiger partial charge in [0.1, 0.15) is 0 Å². The van der Waals surface area contributed by atoms with E-state index in [0.29, 0.717) is 0 Å².